The Hall–Kier alpha value is -14.0. The Morgan fingerprint density at radius 2 is 1.13 bits per heavy atom. The van der Waals surface area contributed by atoms with Crippen molar-refractivity contribution in [2.75, 3.05) is 78.6 Å². The zero-order valence-electron chi connectivity index (χ0n) is 81.6. The number of aliphatic hydroxyl groups excluding tert-OH is 2. The van der Waals surface area contributed by atoms with Gasteiger partial charge in [-0.25, -0.2) is 0 Å². The number of nitrogens with zero attached hydrogens (tertiary/aromatic N) is 5. The maximum Gasteiger partial charge on any atom is 0.246 e. The molecule has 3 aliphatic heterocycles. The Kier molecular flexibility index (Phi) is 42.2. The number of nitrogens with two attached hydrogens (primary N) is 4. The summed E-state index contributed by atoms with van der Waals surface area (Å²) in [5.41, 5.74) is 26.6. The van der Waals surface area contributed by atoms with Gasteiger partial charge in [0.05, 0.1) is 38.0 Å². The quantitative estimate of drug-likeness (QED) is 0.0145. The lowest BCUT2D eigenvalue weighted by molar-refractivity contribution is -0.149. The summed E-state index contributed by atoms with van der Waals surface area (Å²) in [5, 5.41) is 71.4. The number of phenolic OH excluding ortho intramolecular Hbond substituents is 1. The summed E-state index contributed by atoms with van der Waals surface area (Å²) in [6.07, 6.45) is -0.868. The highest BCUT2D eigenvalue weighted by Gasteiger charge is 2.47. The highest BCUT2D eigenvalue weighted by Crippen LogP contribution is 2.34. The van der Waals surface area contributed by atoms with Crippen LogP contribution in [-0.2, 0) is 101 Å². The number of unbranched alkanes of at least 4 members (excludes halogenated alkanes) is 2. The van der Waals surface area contributed by atoms with Gasteiger partial charge in [0.1, 0.15) is 96.1 Å². The molecule has 142 heavy (non-hydrogen) atoms. The molecule has 0 aliphatic carbocycles. The monoisotopic (exact) mass is 1990 g/mol. The maximum absolute atomic E-state index is 16.3. The molecular formula is C97H137N23O21S. The average Bonchev–Trinajstić information content (AvgIpc) is 1.49. The Labute approximate surface area is 827 Å². The number of nitrogens with one attached hydrogen (secondary N) is 14. The predicted octanol–water partition coefficient (Wildman–Crippen LogP) is -1.48. The number of aromatic amines is 2. The summed E-state index contributed by atoms with van der Waals surface area (Å²) in [5.74, 6) is -17.7. The Balaban J connectivity index is 1.13. The molecule has 9 rings (SSSR count). The molecule has 15 atom stereocenters. The number of aromatic hydroxyl groups is 1. The van der Waals surface area contributed by atoms with Crippen molar-refractivity contribution in [3.05, 3.63) is 120 Å². The smallest absolute Gasteiger partial charge is 0.246 e. The van der Waals surface area contributed by atoms with Gasteiger partial charge in [0.15, 0.2) is 5.96 Å². The minimum absolute atomic E-state index is 0.0132. The first-order valence-corrected chi connectivity index (χ1v) is 49.1. The highest BCUT2D eigenvalue weighted by molar-refractivity contribution is 8.00. The summed E-state index contributed by atoms with van der Waals surface area (Å²) in [7, 11) is 3.91. The number of para-hydroxylation sites is 2. The molecule has 25 N–H and O–H groups in total. The van der Waals surface area contributed by atoms with Gasteiger partial charge < -0.3 is 136 Å². The van der Waals surface area contributed by atoms with Gasteiger partial charge in [0.2, 0.25) is 100 Å². The summed E-state index contributed by atoms with van der Waals surface area (Å²) in [6, 6.07) is 4.68. The van der Waals surface area contributed by atoms with E-state index in [9.17, 15) is 58.5 Å². The van der Waals surface area contributed by atoms with Gasteiger partial charge in [-0.15, -0.1) is 11.8 Å². The van der Waals surface area contributed by atoms with Crippen LogP contribution in [0.15, 0.2) is 103 Å². The van der Waals surface area contributed by atoms with Gasteiger partial charge >= 0.3 is 0 Å². The van der Waals surface area contributed by atoms with E-state index in [0.29, 0.717) is 87.8 Å². The summed E-state index contributed by atoms with van der Waals surface area (Å²) in [4.78, 5) is 264. The van der Waals surface area contributed by atoms with Crippen LogP contribution in [0.5, 0.6) is 11.5 Å². The number of benzene rings is 4. The summed E-state index contributed by atoms with van der Waals surface area (Å²) in [6.45, 7) is 7.91. The molecule has 0 saturated carbocycles. The van der Waals surface area contributed by atoms with Gasteiger partial charge in [-0.2, -0.15) is 0 Å². The number of hydrogen-bond acceptors (Lipinski definition) is 24. The number of guanidine groups is 1. The molecule has 3 aliphatic rings. The molecule has 5 heterocycles. The fraction of sp³-hybridized carbons (Fsp3) is 0.526. The van der Waals surface area contributed by atoms with E-state index in [0.717, 1.165) is 36.3 Å². The molecule has 0 spiro atoms. The van der Waals surface area contributed by atoms with Crippen molar-refractivity contribution >= 4 is 140 Å². The zero-order valence-corrected chi connectivity index (χ0v) is 82.4. The Morgan fingerprint density at radius 3 is 1.78 bits per heavy atom. The van der Waals surface area contributed by atoms with Crippen molar-refractivity contribution in [1.29, 1.82) is 5.41 Å². The molecule has 0 radical (unpaired) electrons. The first kappa shape index (κ1) is 112. The molecule has 3 fully saturated rings. The molecule has 4 aromatic carbocycles. The summed E-state index contributed by atoms with van der Waals surface area (Å²) < 4.78 is 5.80. The normalized spacial score (nSPS) is 24.1. The van der Waals surface area contributed by atoms with Crippen LogP contribution in [0.2, 0.25) is 0 Å². The first-order chi connectivity index (χ1) is 67.7. The summed E-state index contributed by atoms with van der Waals surface area (Å²) >= 11 is 0.758. The SMILES string of the molecule is CCCC[C@H]1C(=O)N(C)[C@@H](CCCC)C(=O)NC(CCCNC(=N)N)C(=O)N[C@H](C(=O)NCC(N)=O)CSCC(=O)N[C@@H](Cc2ccc(O)cc2)C(=O)N(C)[C@@H](C)C(=O)N[C@@H](CC(N)=O)C(=O)N2CCC[C@H]2C(=O)N[C@@H](CCN)C(=O)N[C@@H](CC(C)C)C(=O)N2C[C@H](O)C[C@H]2C(=O)N[C@@H](Cc2c[nH]c3ccccc23)C(=O)N[C@@H](CO)C(=O)N[C@@H](Cc2c(-c3ccc(OCC)cc3)[nH]c3ccccc23)C(=O)N1C. The van der Waals surface area contributed by atoms with Crippen LogP contribution in [0, 0.1) is 11.3 Å². The van der Waals surface area contributed by atoms with E-state index >= 15 is 38.4 Å². The van der Waals surface area contributed by atoms with E-state index in [1.165, 1.54) is 52.3 Å². The number of likely N-dealkylation sites (N-methyl/N-ethyl adjacent to an activating group) is 3. The van der Waals surface area contributed by atoms with Gasteiger partial charge in [0, 0.05) is 106 Å². The van der Waals surface area contributed by atoms with Crippen LogP contribution in [-0.4, -0.2) is 325 Å². The maximum atomic E-state index is 16.3. The molecule has 3 saturated heterocycles. The Bertz CT molecular complexity index is 5470. The van der Waals surface area contributed by atoms with Crippen LogP contribution < -0.4 is 86.2 Å². The second-order valence-electron chi connectivity index (χ2n) is 36.4. The second-order valence-corrected chi connectivity index (χ2v) is 37.4. The van der Waals surface area contributed by atoms with Crippen LogP contribution in [0.4, 0.5) is 0 Å². The van der Waals surface area contributed by atoms with Crippen molar-refractivity contribution in [3.63, 3.8) is 0 Å². The minimum Gasteiger partial charge on any atom is -0.508 e. The lowest BCUT2D eigenvalue weighted by atomic mass is 9.96. The third kappa shape index (κ3) is 30.8. The van der Waals surface area contributed by atoms with Crippen molar-refractivity contribution in [1.82, 2.24) is 93.0 Å². The topological polar surface area (TPSA) is 668 Å². The standard InChI is InChI=1S/C97H137N23O21S/c1-10-13-26-75-89(133)108-66(25-19-39-103-97(101)102)85(129)115-74(84(128)105-48-80(100)125)51-142-52-81(126)106-70(42-55-29-33-58(122)34-30-55)92(136)116(7)54(6)83(127)111-72(46-79(99)124)94(138)119-40-20-28-76(119)90(134)109-67(37-38-98)86(130)112-69(41-53(4)5)95(139)120-49-59(123)44-78(120)91(135)110-68(43-57-47-104-64-23-17-15-21-61(57)64)87(131)114-73(50-121)88(132)113-71(93(137)118(9)77(27-14-11-2)96(140)117(75)8)45-63-62-22-16-18-24-65(62)107-82(63)56-31-35-60(36-32-56)141-12-3/h15-18,21-24,29-36,47,53-54,59,66-78,104,107,121-123H,10-14,19-20,25-28,37-46,48-52,98H2,1-9H3,(H2,99,124)(H2,100,125)(H,105,128)(H,106,126)(H,108,133)(H,109,134)(H,110,135)(H,111,127)(H,112,130)(H,113,132)(H,114,131)(H,115,129)(H4,101,102,103)/t54-,59+,66?,67-,68-,69-,70-,71-,72-,73-,74-,75-,76-,77-,78-/m0/s1. The Morgan fingerprint density at radius 1 is 0.563 bits per heavy atom. The molecule has 44 nitrogen and oxygen atoms in total. The fourth-order valence-corrected chi connectivity index (χ4v) is 18.5. The average molecular weight is 1990 g/mol. The lowest BCUT2D eigenvalue weighted by Crippen LogP contribution is -2.62. The molecule has 1 unspecified atom stereocenters. The van der Waals surface area contributed by atoms with Gasteiger partial charge in [-0.1, -0.05) is 102 Å². The number of aliphatic hydroxyl groups is 2. The van der Waals surface area contributed by atoms with Crippen LogP contribution in [0.3, 0.4) is 0 Å². The number of ether oxygens (including phenoxy) is 1. The van der Waals surface area contributed by atoms with E-state index in [4.69, 9.17) is 33.1 Å². The number of primary amides is 2. The van der Waals surface area contributed by atoms with Crippen molar-refractivity contribution in [3.8, 4) is 22.8 Å². The van der Waals surface area contributed by atoms with Crippen molar-refractivity contribution < 1.29 is 102 Å². The van der Waals surface area contributed by atoms with E-state index in [1.807, 2.05) is 20.8 Å². The van der Waals surface area contributed by atoms with Crippen LogP contribution in [0.25, 0.3) is 33.1 Å². The van der Waals surface area contributed by atoms with Gasteiger partial charge in [-0.05, 0) is 148 Å². The number of aromatic nitrogens is 2. The van der Waals surface area contributed by atoms with Crippen molar-refractivity contribution in [2.24, 2.45) is 28.9 Å². The molecule has 772 valence electrons. The molecule has 6 aromatic rings. The molecule has 2 aromatic heterocycles. The third-order valence-electron chi connectivity index (χ3n) is 25.4. The van der Waals surface area contributed by atoms with Crippen molar-refractivity contribution in [2.45, 2.75) is 241 Å². The van der Waals surface area contributed by atoms with E-state index in [-0.39, 0.29) is 102 Å². The zero-order chi connectivity index (χ0) is 104. The number of amides is 17. The van der Waals surface area contributed by atoms with Crippen LogP contribution >= 0.6 is 11.8 Å². The first-order valence-electron chi connectivity index (χ1n) is 48.0. The fourth-order valence-electron chi connectivity index (χ4n) is 17.6. The van der Waals surface area contributed by atoms with Gasteiger partial charge in [-0.3, -0.25) is 86.9 Å². The number of thioether (sulfide) groups is 1. The largest absolute Gasteiger partial charge is 0.508 e. The number of rotatable bonds is 29. The number of phenols is 1. The number of fused-ring (bicyclic) bond motifs is 4. The molecule has 0 bridgehead atoms. The third-order valence-corrected chi connectivity index (χ3v) is 26.4. The van der Waals surface area contributed by atoms with Gasteiger partial charge in [0.25, 0.3) is 0 Å². The van der Waals surface area contributed by atoms with Crippen LogP contribution in [0.1, 0.15) is 148 Å². The predicted molar refractivity (Wildman–Crippen MR) is 528 cm³/mol. The number of H-pyrrole nitrogens is 2. The molecule has 17 amide bonds. The minimum atomic E-state index is -1.94. The highest BCUT2D eigenvalue weighted by atomic mass is 32.2. The van der Waals surface area contributed by atoms with E-state index in [1.54, 1.807) is 92.8 Å². The number of carbonyl (C=O) groups is 17. The number of carbonyl (C=O) groups excluding carboxylic acids is 17. The molecular weight excluding hydrogens is 1860 g/mol. The van der Waals surface area contributed by atoms with E-state index < -0.39 is 241 Å². The lowest BCUT2D eigenvalue weighted by Gasteiger charge is -2.36. The second kappa shape index (κ2) is 53.6. The number of hydrogen-bond donors (Lipinski definition) is 21. The van der Waals surface area contributed by atoms with E-state index in [2.05, 4.69) is 68.5 Å². The molecule has 45 heteroatoms.